The molecule has 2 atom stereocenters. The van der Waals surface area contributed by atoms with E-state index < -0.39 is 6.04 Å². The van der Waals surface area contributed by atoms with Gasteiger partial charge in [-0.25, -0.2) is 0 Å². The van der Waals surface area contributed by atoms with E-state index in [9.17, 15) is 9.59 Å². The van der Waals surface area contributed by atoms with Crippen LogP contribution in [0, 0.1) is 6.92 Å². The fraction of sp³-hybridized carbons (Fsp3) is 0.172. The van der Waals surface area contributed by atoms with E-state index in [0.717, 1.165) is 22.7 Å². The number of aryl methyl sites for hydroxylation is 1. The molecule has 2 unspecified atom stereocenters. The summed E-state index contributed by atoms with van der Waals surface area (Å²) in [6, 6.07) is 21.8. The molecule has 6 rings (SSSR count). The number of allylic oxidation sites excluding steroid dienone is 1. The quantitative estimate of drug-likeness (QED) is 0.380. The van der Waals surface area contributed by atoms with Gasteiger partial charge in [-0.1, -0.05) is 29.8 Å². The van der Waals surface area contributed by atoms with Crippen LogP contribution in [0.2, 0.25) is 0 Å². The van der Waals surface area contributed by atoms with Crippen molar-refractivity contribution in [2.24, 2.45) is 0 Å². The summed E-state index contributed by atoms with van der Waals surface area (Å²) in [4.78, 5) is 29.5. The van der Waals surface area contributed by atoms with Crippen LogP contribution < -0.4 is 10.2 Å². The molecule has 2 aliphatic rings. The zero-order chi connectivity index (χ0) is 23.9. The van der Waals surface area contributed by atoms with E-state index in [1.807, 2.05) is 73.7 Å². The number of hydrogen-bond acceptors (Lipinski definition) is 5. The highest BCUT2D eigenvalue weighted by Gasteiger charge is 2.43. The molecule has 6 heteroatoms. The van der Waals surface area contributed by atoms with Crippen LogP contribution in [-0.4, -0.2) is 11.7 Å². The van der Waals surface area contributed by atoms with Crippen molar-refractivity contribution >= 4 is 23.1 Å². The molecule has 0 saturated carbocycles. The second kappa shape index (κ2) is 8.47. The Morgan fingerprint density at radius 1 is 0.886 bits per heavy atom. The molecule has 6 nitrogen and oxygen atoms in total. The summed E-state index contributed by atoms with van der Waals surface area (Å²) in [5.41, 5.74) is 4.41. The lowest BCUT2D eigenvalue weighted by atomic mass is 9.81. The molecule has 0 bridgehead atoms. The maximum absolute atomic E-state index is 14.1. The Morgan fingerprint density at radius 3 is 2.31 bits per heavy atom. The minimum Gasteiger partial charge on any atom is -0.469 e. The number of nitrogens with one attached hydrogen (secondary N) is 1. The van der Waals surface area contributed by atoms with E-state index >= 15 is 0 Å². The van der Waals surface area contributed by atoms with Gasteiger partial charge in [-0.15, -0.1) is 0 Å². The number of carbonyl (C=O) groups excluding carboxylic acids is 2. The number of anilines is 2. The molecule has 2 aromatic carbocycles. The first-order chi connectivity index (χ1) is 17.1. The van der Waals surface area contributed by atoms with Crippen LogP contribution >= 0.6 is 0 Å². The molecule has 1 N–H and O–H groups in total. The Balaban J connectivity index is 1.55. The molecule has 174 valence electrons. The van der Waals surface area contributed by atoms with Crippen LogP contribution in [0.4, 0.5) is 11.4 Å². The van der Waals surface area contributed by atoms with E-state index in [0.29, 0.717) is 35.4 Å². The van der Waals surface area contributed by atoms with E-state index in [1.165, 1.54) is 0 Å². The number of rotatable bonds is 3. The van der Waals surface area contributed by atoms with Gasteiger partial charge in [-0.2, -0.15) is 0 Å². The molecule has 0 saturated heterocycles. The van der Waals surface area contributed by atoms with Gasteiger partial charge in [-0.3, -0.25) is 14.5 Å². The molecular weight excluding hydrogens is 440 g/mol. The second-order valence-electron chi connectivity index (χ2n) is 9.04. The van der Waals surface area contributed by atoms with Crippen LogP contribution in [0.1, 0.15) is 52.2 Å². The highest BCUT2D eigenvalue weighted by atomic mass is 16.3. The lowest BCUT2D eigenvalue weighted by molar-refractivity contribution is -0.116. The molecule has 1 aliphatic heterocycles. The van der Waals surface area contributed by atoms with Crippen molar-refractivity contribution in [2.45, 2.75) is 31.7 Å². The van der Waals surface area contributed by atoms with Crippen LogP contribution in [0.5, 0.6) is 0 Å². The molecule has 0 radical (unpaired) electrons. The molecule has 1 aliphatic carbocycles. The Kier molecular flexibility index (Phi) is 5.14. The average Bonchev–Trinajstić information content (AvgIpc) is 3.57. The van der Waals surface area contributed by atoms with E-state index in [2.05, 4.69) is 5.32 Å². The Bertz CT molecular complexity index is 1420. The number of benzene rings is 2. The molecular formula is C29H24N2O4. The van der Waals surface area contributed by atoms with Crippen LogP contribution in [0.25, 0.3) is 0 Å². The molecule has 0 fully saturated rings. The first-order valence-corrected chi connectivity index (χ1v) is 11.7. The van der Waals surface area contributed by atoms with Gasteiger partial charge in [-0.05, 0) is 61.9 Å². The predicted molar refractivity (Wildman–Crippen MR) is 132 cm³/mol. The smallest absolute Gasteiger partial charge is 0.259 e. The minimum absolute atomic E-state index is 0.0314. The zero-order valence-corrected chi connectivity index (χ0v) is 19.2. The summed E-state index contributed by atoms with van der Waals surface area (Å²) < 4.78 is 11.5. The van der Waals surface area contributed by atoms with Crippen LogP contribution in [0.15, 0.2) is 105 Å². The fourth-order valence-corrected chi connectivity index (χ4v) is 5.09. The lowest BCUT2D eigenvalue weighted by Gasteiger charge is -2.33. The number of hydrogen-bond donors (Lipinski definition) is 1. The third-order valence-corrected chi connectivity index (χ3v) is 6.76. The molecule has 35 heavy (non-hydrogen) atoms. The Labute approximate surface area is 202 Å². The van der Waals surface area contributed by atoms with Gasteiger partial charge in [0.15, 0.2) is 5.78 Å². The van der Waals surface area contributed by atoms with Crippen molar-refractivity contribution in [3.8, 4) is 0 Å². The van der Waals surface area contributed by atoms with E-state index in [4.69, 9.17) is 8.83 Å². The normalized spacial score (nSPS) is 19.6. The largest absolute Gasteiger partial charge is 0.469 e. The molecule has 0 spiro atoms. The lowest BCUT2D eigenvalue weighted by Crippen LogP contribution is -2.38. The number of fused-ring (bicyclic) bond motifs is 1. The summed E-state index contributed by atoms with van der Waals surface area (Å²) in [6.07, 6.45) is 4.10. The number of carbonyl (C=O) groups is 2. The third kappa shape index (κ3) is 3.67. The SMILES string of the molecule is Cc1ccc(C(=O)N2c3ccccc3NC3=C(C(=O)CC(c4ccco4)C3)C2c2ccco2)cc1. The number of para-hydroxylation sites is 2. The fourth-order valence-electron chi connectivity index (χ4n) is 5.09. The highest BCUT2D eigenvalue weighted by molar-refractivity contribution is 6.11. The first kappa shape index (κ1) is 21.2. The van der Waals surface area contributed by atoms with Crippen molar-refractivity contribution in [3.63, 3.8) is 0 Å². The molecule has 3 heterocycles. The first-order valence-electron chi connectivity index (χ1n) is 11.7. The van der Waals surface area contributed by atoms with Gasteiger partial charge in [0.25, 0.3) is 5.91 Å². The molecule has 4 aromatic rings. The number of ketones is 1. The van der Waals surface area contributed by atoms with Gasteiger partial charge in [0.1, 0.15) is 17.6 Å². The van der Waals surface area contributed by atoms with Gasteiger partial charge >= 0.3 is 0 Å². The van der Waals surface area contributed by atoms with Gasteiger partial charge in [0.2, 0.25) is 0 Å². The average molecular weight is 465 g/mol. The Hall–Kier alpha value is -4.32. The number of amides is 1. The maximum atomic E-state index is 14.1. The third-order valence-electron chi connectivity index (χ3n) is 6.76. The van der Waals surface area contributed by atoms with Gasteiger partial charge < -0.3 is 14.2 Å². The van der Waals surface area contributed by atoms with Gasteiger partial charge in [0, 0.05) is 29.2 Å². The number of furan rings is 2. The van der Waals surface area contributed by atoms with Crippen molar-refractivity contribution in [1.82, 2.24) is 0 Å². The second-order valence-corrected chi connectivity index (χ2v) is 9.04. The van der Waals surface area contributed by atoms with Crippen molar-refractivity contribution < 1.29 is 18.4 Å². The van der Waals surface area contributed by atoms with Crippen LogP contribution in [-0.2, 0) is 4.79 Å². The van der Waals surface area contributed by atoms with Crippen molar-refractivity contribution in [2.75, 3.05) is 10.2 Å². The summed E-state index contributed by atoms with van der Waals surface area (Å²) >= 11 is 0. The monoisotopic (exact) mass is 464 g/mol. The minimum atomic E-state index is -0.699. The van der Waals surface area contributed by atoms with Crippen LogP contribution in [0.3, 0.4) is 0 Å². The topological polar surface area (TPSA) is 75.7 Å². The number of nitrogens with zero attached hydrogens (tertiary/aromatic N) is 1. The van der Waals surface area contributed by atoms with E-state index in [-0.39, 0.29) is 17.6 Å². The highest BCUT2D eigenvalue weighted by Crippen LogP contribution is 2.47. The summed E-state index contributed by atoms with van der Waals surface area (Å²) in [5, 5.41) is 3.50. The number of Topliss-reactive ketones (excluding diaryl/α,β-unsaturated/α-hetero) is 1. The summed E-state index contributed by atoms with van der Waals surface area (Å²) in [7, 11) is 0. The molecule has 2 aromatic heterocycles. The summed E-state index contributed by atoms with van der Waals surface area (Å²) in [5.74, 6) is 1.02. The standard InChI is InChI=1S/C29H24N2O4/c1-18-10-12-19(13-11-18)29(33)31-23-7-3-2-6-21(23)30-22-16-20(25-8-4-14-34-25)17-24(32)27(22)28(31)26-9-5-15-35-26/h2-15,20,28,30H,16-17H2,1H3. The molecule has 1 amide bonds. The summed E-state index contributed by atoms with van der Waals surface area (Å²) in [6.45, 7) is 1.98. The zero-order valence-electron chi connectivity index (χ0n) is 19.2. The van der Waals surface area contributed by atoms with E-state index in [1.54, 1.807) is 23.5 Å². The maximum Gasteiger partial charge on any atom is 0.259 e. The van der Waals surface area contributed by atoms with Crippen molar-refractivity contribution in [3.05, 3.63) is 119 Å². The van der Waals surface area contributed by atoms with Gasteiger partial charge in [0.05, 0.1) is 23.9 Å². The predicted octanol–water partition coefficient (Wildman–Crippen LogP) is 6.40. The Morgan fingerprint density at radius 2 is 1.60 bits per heavy atom. The van der Waals surface area contributed by atoms with Crippen molar-refractivity contribution in [1.29, 1.82) is 0 Å².